The Morgan fingerprint density at radius 2 is 1.36 bits per heavy atom. The monoisotopic (exact) mass is 460 g/mol. The standard InChI is InChI=1S/C21H26N2O4.C2H2O4/c1-25-18-7-5-17(6-8-18)21(24)23-12-10-22(11-13-23)15-16-4-9-19(26-2)20(14-16)27-3;3-1(4)2(5)6/h4-9,14H,10-13,15H2,1-3H3;(H,3,4)(H,5,6). The van der Waals surface area contributed by atoms with Crippen molar-refractivity contribution in [2.24, 2.45) is 0 Å². The molecule has 2 aromatic carbocycles. The molecule has 0 spiro atoms. The molecule has 1 aliphatic rings. The second kappa shape index (κ2) is 12.3. The number of carbonyl (C=O) groups is 3. The number of piperazine rings is 1. The first-order valence-electron chi connectivity index (χ1n) is 10.1. The van der Waals surface area contributed by atoms with Crippen LogP contribution in [0.4, 0.5) is 0 Å². The van der Waals surface area contributed by atoms with Crippen molar-refractivity contribution >= 4 is 17.8 Å². The zero-order valence-electron chi connectivity index (χ0n) is 18.8. The lowest BCUT2D eigenvalue weighted by molar-refractivity contribution is -0.159. The highest BCUT2D eigenvalue weighted by Gasteiger charge is 2.22. The Hall–Kier alpha value is -3.79. The number of carboxylic acids is 2. The zero-order chi connectivity index (χ0) is 24.4. The fourth-order valence-electron chi connectivity index (χ4n) is 3.26. The van der Waals surface area contributed by atoms with E-state index in [0.29, 0.717) is 5.56 Å². The van der Waals surface area contributed by atoms with Crippen LogP contribution in [0.25, 0.3) is 0 Å². The van der Waals surface area contributed by atoms with Gasteiger partial charge in [-0.25, -0.2) is 9.59 Å². The molecule has 0 radical (unpaired) electrons. The van der Waals surface area contributed by atoms with Gasteiger partial charge in [-0.1, -0.05) is 6.07 Å². The highest BCUT2D eigenvalue weighted by molar-refractivity contribution is 6.27. The van der Waals surface area contributed by atoms with Crippen LogP contribution in [0.3, 0.4) is 0 Å². The van der Waals surface area contributed by atoms with Crippen LogP contribution >= 0.6 is 0 Å². The van der Waals surface area contributed by atoms with E-state index in [1.165, 1.54) is 5.56 Å². The van der Waals surface area contributed by atoms with Crippen LogP contribution in [0, 0.1) is 0 Å². The summed E-state index contributed by atoms with van der Waals surface area (Å²) in [5.74, 6) is -1.35. The first-order chi connectivity index (χ1) is 15.8. The van der Waals surface area contributed by atoms with Gasteiger partial charge < -0.3 is 29.3 Å². The summed E-state index contributed by atoms with van der Waals surface area (Å²) in [7, 11) is 4.90. The molecular weight excluding hydrogens is 432 g/mol. The van der Waals surface area contributed by atoms with Crippen LogP contribution in [-0.4, -0.2) is 85.4 Å². The van der Waals surface area contributed by atoms with Gasteiger partial charge in [-0.15, -0.1) is 0 Å². The van der Waals surface area contributed by atoms with E-state index in [9.17, 15) is 4.79 Å². The van der Waals surface area contributed by atoms with Gasteiger partial charge in [-0.2, -0.15) is 0 Å². The number of carbonyl (C=O) groups excluding carboxylic acids is 1. The van der Waals surface area contributed by atoms with Gasteiger partial charge >= 0.3 is 11.9 Å². The van der Waals surface area contributed by atoms with Gasteiger partial charge in [0.15, 0.2) is 11.5 Å². The number of hydrogen-bond acceptors (Lipinski definition) is 7. The second-order valence-electron chi connectivity index (χ2n) is 7.10. The minimum Gasteiger partial charge on any atom is -0.497 e. The molecule has 0 aromatic heterocycles. The molecule has 1 saturated heterocycles. The van der Waals surface area contributed by atoms with Gasteiger partial charge in [0, 0.05) is 38.3 Å². The SMILES string of the molecule is COc1ccc(C(=O)N2CCN(Cc3ccc(OC)c(OC)c3)CC2)cc1.O=C(O)C(=O)O. The first-order valence-corrected chi connectivity index (χ1v) is 10.1. The number of ether oxygens (including phenoxy) is 3. The van der Waals surface area contributed by atoms with Crippen LogP contribution in [0.5, 0.6) is 17.2 Å². The molecule has 10 heteroatoms. The predicted molar refractivity (Wildman–Crippen MR) is 119 cm³/mol. The molecule has 0 bridgehead atoms. The van der Waals surface area contributed by atoms with E-state index in [1.54, 1.807) is 21.3 Å². The van der Waals surface area contributed by atoms with Crippen molar-refractivity contribution in [3.05, 3.63) is 53.6 Å². The van der Waals surface area contributed by atoms with E-state index in [1.807, 2.05) is 41.3 Å². The Morgan fingerprint density at radius 3 is 1.85 bits per heavy atom. The Balaban J connectivity index is 0.000000569. The van der Waals surface area contributed by atoms with Crippen molar-refractivity contribution in [1.29, 1.82) is 0 Å². The topological polar surface area (TPSA) is 126 Å². The maximum atomic E-state index is 12.7. The van der Waals surface area contributed by atoms with E-state index in [-0.39, 0.29) is 5.91 Å². The molecule has 0 atom stereocenters. The van der Waals surface area contributed by atoms with Gasteiger partial charge in [0.2, 0.25) is 0 Å². The number of amides is 1. The maximum Gasteiger partial charge on any atom is 0.414 e. The third kappa shape index (κ3) is 7.39. The summed E-state index contributed by atoms with van der Waals surface area (Å²) in [5, 5.41) is 14.8. The lowest BCUT2D eigenvalue weighted by Gasteiger charge is -2.35. The summed E-state index contributed by atoms with van der Waals surface area (Å²) in [6, 6.07) is 13.3. The molecule has 10 nitrogen and oxygen atoms in total. The third-order valence-electron chi connectivity index (χ3n) is 5.03. The van der Waals surface area contributed by atoms with E-state index in [0.717, 1.165) is 50.0 Å². The summed E-state index contributed by atoms with van der Waals surface area (Å²) in [4.78, 5) is 35.1. The molecule has 0 aliphatic carbocycles. The Kier molecular flexibility index (Phi) is 9.49. The van der Waals surface area contributed by atoms with Crippen LogP contribution in [0.2, 0.25) is 0 Å². The van der Waals surface area contributed by atoms with Crippen LogP contribution < -0.4 is 14.2 Å². The van der Waals surface area contributed by atoms with Gasteiger partial charge in [0.1, 0.15) is 5.75 Å². The molecule has 0 saturated carbocycles. The molecule has 2 aromatic rings. The van der Waals surface area contributed by atoms with Crippen LogP contribution in [0.1, 0.15) is 15.9 Å². The molecule has 0 unspecified atom stereocenters. The Morgan fingerprint density at radius 1 is 0.788 bits per heavy atom. The van der Waals surface area contributed by atoms with Crippen molar-refractivity contribution < 1.29 is 38.8 Å². The smallest absolute Gasteiger partial charge is 0.414 e. The van der Waals surface area contributed by atoms with Gasteiger partial charge in [-0.05, 0) is 42.0 Å². The highest BCUT2D eigenvalue weighted by Crippen LogP contribution is 2.28. The lowest BCUT2D eigenvalue weighted by atomic mass is 10.1. The van der Waals surface area contributed by atoms with Crippen molar-refractivity contribution in [3.63, 3.8) is 0 Å². The number of rotatable bonds is 6. The predicted octanol–water partition coefficient (Wildman–Crippen LogP) is 1.83. The highest BCUT2D eigenvalue weighted by atomic mass is 16.5. The van der Waals surface area contributed by atoms with Crippen LogP contribution in [0.15, 0.2) is 42.5 Å². The second-order valence-corrected chi connectivity index (χ2v) is 7.10. The average molecular weight is 460 g/mol. The Bertz CT molecular complexity index is 941. The van der Waals surface area contributed by atoms with E-state index < -0.39 is 11.9 Å². The summed E-state index contributed by atoms with van der Waals surface area (Å²) in [5.41, 5.74) is 1.87. The first kappa shape index (κ1) is 25.5. The maximum absolute atomic E-state index is 12.7. The van der Waals surface area contributed by atoms with Gasteiger partial charge in [0.05, 0.1) is 21.3 Å². The van der Waals surface area contributed by atoms with E-state index >= 15 is 0 Å². The summed E-state index contributed by atoms with van der Waals surface area (Å²) < 4.78 is 15.8. The van der Waals surface area contributed by atoms with Crippen LogP contribution in [-0.2, 0) is 16.1 Å². The molecule has 2 N–H and O–H groups in total. The molecule has 1 fully saturated rings. The normalized spacial score (nSPS) is 13.4. The van der Waals surface area contributed by atoms with Gasteiger partial charge in [0.25, 0.3) is 5.91 Å². The number of hydrogen-bond donors (Lipinski definition) is 2. The number of carboxylic acid groups (broad SMARTS) is 2. The van der Waals surface area contributed by atoms with E-state index in [2.05, 4.69) is 11.0 Å². The van der Waals surface area contributed by atoms with Crippen molar-refractivity contribution in [2.45, 2.75) is 6.54 Å². The summed E-state index contributed by atoms with van der Waals surface area (Å²) in [6.07, 6.45) is 0. The molecule has 178 valence electrons. The molecular formula is C23H28N2O8. The third-order valence-corrected chi connectivity index (χ3v) is 5.03. The Labute approximate surface area is 191 Å². The number of aliphatic carboxylic acids is 2. The number of benzene rings is 2. The molecule has 33 heavy (non-hydrogen) atoms. The largest absolute Gasteiger partial charge is 0.497 e. The van der Waals surface area contributed by atoms with Gasteiger partial charge in [-0.3, -0.25) is 9.69 Å². The van der Waals surface area contributed by atoms with Crippen molar-refractivity contribution in [1.82, 2.24) is 9.80 Å². The van der Waals surface area contributed by atoms with Crippen molar-refractivity contribution in [2.75, 3.05) is 47.5 Å². The molecule has 1 aliphatic heterocycles. The lowest BCUT2D eigenvalue weighted by Crippen LogP contribution is -2.48. The minimum absolute atomic E-state index is 0.0726. The number of methoxy groups -OCH3 is 3. The van der Waals surface area contributed by atoms with E-state index in [4.69, 9.17) is 34.0 Å². The summed E-state index contributed by atoms with van der Waals surface area (Å²) >= 11 is 0. The zero-order valence-corrected chi connectivity index (χ0v) is 18.8. The average Bonchev–Trinajstić information content (AvgIpc) is 2.84. The fourth-order valence-corrected chi connectivity index (χ4v) is 3.26. The number of nitrogens with zero attached hydrogens (tertiary/aromatic N) is 2. The summed E-state index contributed by atoms with van der Waals surface area (Å²) in [6.45, 7) is 3.95. The molecule has 3 rings (SSSR count). The molecule has 1 heterocycles. The minimum atomic E-state index is -1.82. The van der Waals surface area contributed by atoms with Crippen molar-refractivity contribution in [3.8, 4) is 17.2 Å². The quantitative estimate of drug-likeness (QED) is 0.621. The molecule has 1 amide bonds. The fraction of sp³-hybridized carbons (Fsp3) is 0.348.